The zero-order valence-electron chi connectivity index (χ0n) is 7.42. The van der Waals surface area contributed by atoms with Crippen molar-refractivity contribution in [2.24, 2.45) is 11.7 Å². The number of carbonyl (C=O) groups excluding carboxylic acids is 1. The fourth-order valence-electron chi connectivity index (χ4n) is 1.27. The van der Waals surface area contributed by atoms with Crippen molar-refractivity contribution in [3.05, 3.63) is 23.8 Å². The number of nitrogens with two attached hydrogens (primary N) is 1. The van der Waals surface area contributed by atoms with Crippen LogP contribution in [0.1, 0.15) is 26.2 Å². The molecule has 0 aromatic heterocycles. The highest BCUT2D eigenvalue weighted by Gasteiger charge is 2.10. The molecule has 0 unspecified atom stereocenters. The van der Waals surface area contributed by atoms with E-state index in [0.717, 1.165) is 19.3 Å². The van der Waals surface area contributed by atoms with Gasteiger partial charge >= 0.3 is 0 Å². The van der Waals surface area contributed by atoms with E-state index in [1.54, 1.807) is 0 Å². The molecule has 0 saturated heterocycles. The molecule has 0 fully saturated rings. The van der Waals surface area contributed by atoms with Crippen molar-refractivity contribution in [3.63, 3.8) is 0 Å². The van der Waals surface area contributed by atoms with Crippen molar-refractivity contribution in [1.29, 1.82) is 0 Å². The first-order valence-electron chi connectivity index (χ1n) is 4.35. The zero-order chi connectivity index (χ0) is 8.97. The smallest absolute Gasteiger partial charge is 0.220 e. The lowest BCUT2D eigenvalue weighted by molar-refractivity contribution is -0.121. The summed E-state index contributed by atoms with van der Waals surface area (Å²) in [5.74, 6) is -0.256. The monoisotopic (exact) mass is 165 g/mol. The molecule has 2 nitrogen and oxygen atoms in total. The highest BCUT2D eigenvalue weighted by molar-refractivity contribution is 5.76. The Hall–Kier alpha value is -1.05. The van der Waals surface area contributed by atoms with Crippen LogP contribution in [0.2, 0.25) is 0 Å². The maximum Gasteiger partial charge on any atom is 0.220 e. The molecule has 1 atom stereocenters. The van der Waals surface area contributed by atoms with Crippen molar-refractivity contribution >= 4 is 5.91 Å². The number of rotatable bonds is 3. The molecular formula is C10H15NO. The third-order valence-corrected chi connectivity index (χ3v) is 2.10. The van der Waals surface area contributed by atoms with E-state index in [4.69, 9.17) is 5.73 Å². The van der Waals surface area contributed by atoms with E-state index in [-0.39, 0.29) is 11.8 Å². The lowest BCUT2D eigenvalue weighted by Gasteiger charge is -2.10. The lowest BCUT2D eigenvalue weighted by Crippen LogP contribution is -2.20. The van der Waals surface area contributed by atoms with Gasteiger partial charge in [-0.2, -0.15) is 0 Å². The third kappa shape index (κ3) is 2.53. The minimum Gasteiger partial charge on any atom is -0.369 e. The van der Waals surface area contributed by atoms with Gasteiger partial charge in [-0.05, 0) is 19.3 Å². The minimum atomic E-state index is -0.213. The topological polar surface area (TPSA) is 43.1 Å². The molecule has 2 heteroatoms. The van der Waals surface area contributed by atoms with Crippen LogP contribution in [0.5, 0.6) is 0 Å². The van der Waals surface area contributed by atoms with E-state index >= 15 is 0 Å². The van der Waals surface area contributed by atoms with E-state index < -0.39 is 0 Å². The number of hydrogen-bond donors (Lipinski definition) is 1. The second-order valence-corrected chi connectivity index (χ2v) is 3.27. The molecule has 1 amide bonds. The predicted molar refractivity (Wildman–Crippen MR) is 49.4 cm³/mol. The Kier molecular flexibility index (Phi) is 3.09. The SMILES string of the molecule is C[C@@H](CC1=CCCC=C1)C(N)=O. The summed E-state index contributed by atoms with van der Waals surface area (Å²) < 4.78 is 0. The molecule has 0 heterocycles. The van der Waals surface area contributed by atoms with E-state index in [2.05, 4.69) is 18.2 Å². The quantitative estimate of drug-likeness (QED) is 0.680. The summed E-state index contributed by atoms with van der Waals surface area (Å²) in [5.41, 5.74) is 6.41. The molecule has 0 aliphatic heterocycles. The van der Waals surface area contributed by atoms with Gasteiger partial charge in [-0.3, -0.25) is 4.79 Å². The highest BCUT2D eigenvalue weighted by atomic mass is 16.1. The molecule has 66 valence electrons. The summed E-state index contributed by atoms with van der Waals surface area (Å²) in [6.07, 6.45) is 9.41. The first-order chi connectivity index (χ1) is 5.70. The highest BCUT2D eigenvalue weighted by Crippen LogP contribution is 2.17. The van der Waals surface area contributed by atoms with Crippen molar-refractivity contribution in [2.75, 3.05) is 0 Å². The first-order valence-corrected chi connectivity index (χ1v) is 4.35. The third-order valence-electron chi connectivity index (χ3n) is 2.10. The summed E-state index contributed by atoms with van der Waals surface area (Å²) in [5, 5.41) is 0. The van der Waals surface area contributed by atoms with Gasteiger partial charge in [-0.25, -0.2) is 0 Å². The Morgan fingerprint density at radius 1 is 1.67 bits per heavy atom. The minimum absolute atomic E-state index is 0.0426. The number of allylic oxidation sites excluding steroid dienone is 4. The standard InChI is InChI=1S/C10H15NO/c1-8(10(11)12)7-9-5-3-2-4-6-9/h3,5-6,8H,2,4,7H2,1H3,(H2,11,12)/t8-/m0/s1. The summed E-state index contributed by atoms with van der Waals surface area (Å²) >= 11 is 0. The Balaban J connectivity index is 2.45. The Morgan fingerprint density at radius 2 is 2.42 bits per heavy atom. The van der Waals surface area contributed by atoms with Crippen molar-refractivity contribution in [1.82, 2.24) is 0 Å². The molecule has 0 radical (unpaired) electrons. The lowest BCUT2D eigenvalue weighted by atomic mass is 9.96. The van der Waals surface area contributed by atoms with Crippen LogP contribution in [-0.2, 0) is 4.79 Å². The zero-order valence-corrected chi connectivity index (χ0v) is 7.42. The maximum absolute atomic E-state index is 10.7. The molecular weight excluding hydrogens is 150 g/mol. The van der Waals surface area contributed by atoms with Crippen LogP contribution < -0.4 is 5.73 Å². The van der Waals surface area contributed by atoms with Gasteiger partial charge in [0.05, 0.1) is 0 Å². The second kappa shape index (κ2) is 4.10. The molecule has 12 heavy (non-hydrogen) atoms. The molecule has 2 N–H and O–H groups in total. The van der Waals surface area contributed by atoms with E-state index in [0.29, 0.717) is 0 Å². The van der Waals surface area contributed by atoms with Crippen molar-refractivity contribution in [3.8, 4) is 0 Å². The fraction of sp³-hybridized carbons (Fsp3) is 0.500. The van der Waals surface area contributed by atoms with Crippen LogP contribution in [0, 0.1) is 5.92 Å². The van der Waals surface area contributed by atoms with Gasteiger partial charge < -0.3 is 5.73 Å². The van der Waals surface area contributed by atoms with Gasteiger partial charge in [0.25, 0.3) is 0 Å². The predicted octanol–water partition coefficient (Wildman–Crippen LogP) is 1.77. The fourth-order valence-corrected chi connectivity index (χ4v) is 1.27. The second-order valence-electron chi connectivity index (χ2n) is 3.27. The molecule has 0 saturated carbocycles. The van der Waals surface area contributed by atoms with Crippen molar-refractivity contribution < 1.29 is 4.79 Å². The normalized spacial score (nSPS) is 18.6. The van der Waals surface area contributed by atoms with Gasteiger partial charge in [0.2, 0.25) is 5.91 Å². The van der Waals surface area contributed by atoms with Crippen LogP contribution in [0.15, 0.2) is 23.8 Å². The maximum atomic E-state index is 10.7. The largest absolute Gasteiger partial charge is 0.369 e. The van der Waals surface area contributed by atoms with Gasteiger partial charge in [-0.1, -0.05) is 30.7 Å². The van der Waals surface area contributed by atoms with Crippen LogP contribution >= 0.6 is 0 Å². The average molecular weight is 165 g/mol. The Bertz CT molecular complexity index is 228. The number of carbonyl (C=O) groups is 1. The Morgan fingerprint density at radius 3 is 2.92 bits per heavy atom. The number of primary amides is 1. The first kappa shape index (κ1) is 9.04. The molecule has 1 rings (SSSR count). The summed E-state index contributed by atoms with van der Waals surface area (Å²) in [6.45, 7) is 1.87. The molecule has 0 spiro atoms. The van der Waals surface area contributed by atoms with Crippen LogP contribution in [-0.4, -0.2) is 5.91 Å². The van der Waals surface area contributed by atoms with Crippen LogP contribution in [0.25, 0.3) is 0 Å². The van der Waals surface area contributed by atoms with Gasteiger partial charge in [0.15, 0.2) is 0 Å². The van der Waals surface area contributed by atoms with Crippen molar-refractivity contribution in [2.45, 2.75) is 26.2 Å². The van der Waals surface area contributed by atoms with Crippen LogP contribution in [0.3, 0.4) is 0 Å². The van der Waals surface area contributed by atoms with E-state index in [1.807, 2.05) is 6.92 Å². The summed E-state index contributed by atoms with van der Waals surface area (Å²) in [7, 11) is 0. The van der Waals surface area contributed by atoms with Gasteiger partial charge in [0.1, 0.15) is 0 Å². The Labute approximate surface area is 73.1 Å². The van der Waals surface area contributed by atoms with E-state index in [1.165, 1.54) is 5.57 Å². The summed E-state index contributed by atoms with van der Waals surface area (Å²) in [6, 6.07) is 0. The average Bonchev–Trinajstić information content (AvgIpc) is 2.06. The van der Waals surface area contributed by atoms with Crippen LogP contribution in [0.4, 0.5) is 0 Å². The van der Waals surface area contributed by atoms with E-state index in [9.17, 15) is 4.79 Å². The van der Waals surface area contributed by atoms with Gasteiger partial charge in [0, 0.05) is 5.92 Å². The summed E-state index contributed by atoms with van der Waals surface area (Å²) in [4.78, 5) is 10.7. The molecule has 0 bridgehead atoms. The number of hydrogen-bond acceptors (Lipinski definition) is 1. The molecule has 0 aromatic rings. The molecule has 0 aromatic carbocycles. The van der Waals surface area contributed by atoms with Gasteiger partial charge in [-0.15, -0.1) is 0 Å². The molecule has 1 aliphatic rings. The number of amides is 1. The molecule has 1 aliphatic carbocycles.